The molecular weight excluding hydrogens is 541 g/mol. The van der Waals surface area contributed by atoms with Crippen LogP contribution in [0.4, 0.5) is 21.5 Å². The summed E-state index contributed by atoms with van der Waals surface area (Å²) in [6, 6.07) is 21.3. The molecule has 4 aromatic carbocycles. The Morgan fingerprint density at radius 3 is 2.27 bits per heavy atom. The first kappa shape index (κ1) is 26.4. The number of rotatable bonds is 8. The molecule has 0 spiro atoms. The minimum Gasteiger partial charge on any atom is -0.325 e. The summed E-state index contributed by atoms with van der Waals surface area (Å²) in [5.74, 6) is -1.43. The average Bonchev–Trinajstić information content (AvgIpc) is 2.84. The standard InChI is InChI=1S/C25H21ClFN3O5S2/c1-36(32,33)30(19-11-14-23(27)22(26)15-19)16-25(31)28-18-9-12-20(13-10-18)37(34,35)29-24-8-4-6-17-5-2-3-7-21(17)24/h2-15,29H,16H2,1H3,(H,28,31). The maximum Gasteiger partial charge on any atom is 0.261 e. The topological polar surface area (TPSA) is 113 Å². The van der Waals surface area contributed by atoms with Crippen molar-refractivity contribution in [2.45, 2.75) is 4.90 Å². The predicted molar refractivity (Wildman–Crippen MR) is 143 cm³/mol. The van der Waals surface area contributed by atoms with Crippen LogP contribution >= 0.6 is 11.6 Å². The first-order chi connectivity index (χ1) is 17.4. The lowest BCUT2D eigenvalue weighted by molar-refractivity contribution is -0.114. The van der Waals surface area contributed by atoms with E-state index in [-0.39, 0.29) is 21.3 Å². The number of nitrogens with zero attached hydrogens (tertiary/aromatic N) is 1. The maximum absolute atomic E-state index is 13.5. The lowest BCUT2D eigenvalue weighted by atomic mass is 10.1. The second-order valence-electron chi connectivity index (χ2n) is 8.07. The van der Waals surface area contributed by atoms with Crippen LogP contribution in [-0.4, -0.2) is 35.5 Å². The lowest BCUT2D eigenvalue weighted by Crippen LogP contribution is -2.37. The van der Waals surface area contributed by atoms with Crippen LogP contribution in [-0.2, 0) is 24.8 Å². The van der Waals surface area contributed by atoms with Crippen molar-refractivity contribution < 1.29 is 26.0 Å². The van der Waals surface area contributed by atoms with Crippen molar-refractivity contribution in [3.05, 3.63) is 95.8 Å². The van der Waals surface area contributed by atoms with Crippen molar-refractivity contribution in [1.82, 2.24) is 0 Å². The van der Waals surface area contributed by atoms with E-state index < -0.39 is 38.3 Å². The Hall–Kier alpha value is -3.67. The molecule has 0 unspecified atom stereocenters. The molecule has 0 aromatic heterocycles. The van der Waals surface area contributed by atoms with Gasteiger partial charge in [0.2, 0.25) is 15.9 Å². The van der Waals surface area contributed by atoms with Crippen LogP contribution in [0.2, 0.25) is 5.02 Å². The molecule has 0 bridgehead atoms. The Kier molecular flexibility index (Phi) is 7.39. The summed E-state index contributed by atoms with van der Waals surface area (Å²) in [5.41, 5.74) is 0.696. The second-order valence-corrected chi connectivity index (χ2v) is 12.1. The van der Waals surface area contributed by atoms with Gasteiger partial charge in [0.1, 0.15) is 12.4 Å². The zero-order chi connectivity index (χ0) is 26.8. The molecule has 0 aliphatic heterocycles. The van der Waals surface area contributed by atoms with Gasteiger partial charge in [0, 0.05) is 11.1 Å². The molecule has 4 aromatic rings. The molecule has 37 heavy (non-hydrogen) atoms. The predicted octanol–water partition coefficient (Wildman–Crippen LogP) is 4.84. The summed E-state index contributed by atoms with van der Waals surface area (Å²) in [5, 5.41) is 3.86. The van der Waals surface area contributed by atoms with E-state index in [0.29, 0.717) is 5.69 Å². The molecule has 8 nitrogen and oxygen atoms in total. The number of carbonyl (C=O) groups excluding carboxylic acids is 1. The number of sulfonamides is 2. The Labute approximate surface area is 218 Å². The first-order valence-electron chi connectivity index (χ1n) is 10.8. The summed E-state index contributed by atoms with van der Waals surface area (Å²) in [6.07, 6.45) is 0.903. The molecular formula is C25H21ClFN3O5S2. The van der Waals surface area contributed by atoms with E-state index in [2.05, 4.69) is 10.0 Å². The molecule has 4 rings (SSSR count). The first-order valence-corrected chi connectivity index (χ1v) is 14.5. The number of halogens is 2. The van der Waals surface area contributed by atoms with Gasteiger partial charge in [-0.2, -0.15) is 0 Å². The number of fused-ring (bicyclic) bond motifs is 1. The second kappa shape index (κ2) is 10.4. The SMILES string of the molecule is CS(=O)(=O)N(CC(=O)Nc1ccc(S(=O)(=O)Nc2cccc3ccccc23)cc1)c1ccc(F)c(Cl)c1. The van der Waals surface area contributed by atoms with Crippen LogP contribution in [0, 0.1) is 5.82 Å². The van der Waals surface area contributed by atoms with Crippen molar-refractivity contribution in [1.29, 1.82) is 0 Å². The molecule has 0 heterocycles. The van der Waals surface area contributed by atoms with Crippen LogP contribution in [0.15, 0.2) is 89.8 Å². The van der Waals surface area contributed by atoms with E-state index in [1.54, 1.807) is 12.1 Å². The van der Waals surface area contributed by atoms with Crippen molar-refractivity contribution in [3.63, 3.8) is 0 Å². The number of benzene rings is 4. The highest BCUT2D eigenvalue weighted by Gasteiger charge is 2.22. The average molecular weight is 562 g/mol. The summed E-state index contributed by atoms with van der Waals surface area (Å²) < 4.78 is 67.2. The van der Waals surface area contributed by atoms with E-state index in [9.17, 15) is 26.0 Å². The van der Waals surface area contributed by atoms with Crippen LogP contribution < -0.4 is 14.3 Å². The van der Waals surface area contributed by atoms with E-state index >= 15 is 0 Å². The lowest BCUT2D eigenvalue weighted by Gasteiger charge is -2.22. The highest BCUT2D eigenvalue weighted by Crippen LogP contribution is 2.27. The van der Waals surface area contributed by atoms with E-state index in [4.69, 9.17) is 11.6 Å². The number of anilines is 3. The molecule has 192 valence electrons. The Balaban J connectivity index is 1.48. The molecule has 0 aliphatic rings. The van der Waals surface area contributed by atoms with E-state index in [1.807, 2.05) is 30.3 Å². The third-order valence-electron chi connectivity index (χ3n) is 5.36. The van der Waals surface area contributed by atoms with E-state index in [1.165, 1.54) is 30.3 Å². The van der Waals surface area contributed by atoms with Gasteiger partial charge in [-0.15, -0.1) is 0 Å². The summed E-state index contributed by atoms with van der Waals surface area (Å²) in [7, 11) is -7.83. The molecule has 0 saturated heterocycles. The molecule has 2 N–H and O–H groups in total. The van der Waals surface area contributed by atoms with Crippen LogP contribution in [0.3, 0.4) is 0 Å². The fourth-order valence-electron chi connectivity index (χ4n) is 3.61. The van der Waals surface area contributed by atoms with Gasteiger partial charge in [0.05, 0.1) is 27.5 Å². The fourth-order valence-corrected chi connectivity index (χ4v) is 5.71. The molecule has 0 saturated carbocycles. The number of carbonyl (C=O) groups is 1. The third-order valence-corrected chi connectivity index (χ3v) is 8.17. The van der Waals surface area contributed by atoms with Gasteiger partial charge >= 0.3 is 0 Å². The summed E-state index contributed by atoms with van der Waals surface area (Å²) in [6.45, 7) is -0.608. The molecule has 12 heteroatoms. The normalized spacial score (nSPS) is 11.8. The highest BCUT2D eigenvalue weighted by molar-refractivity contribution is 7.92. The van der Waals surface area contributed by atoms with E-state index in [0.717, 1.165) is 33.5 Å². The molecule has 0 atom stereocenters. The van der Waals surface area contributed by atoms with Gasteiger partial charge in [-0.25, -0.2) is 21.2 Å². The van der Waals surface area contributed by atoms with Crippen LogP contribution in [0.25, 0.3) is 10.8 Å². The Bertz CT molecular complexity index is 1690. The minimum atomic E-state index is -3.93. The number of hydrogen-bond donors (Lipinski definition) is 2. The fraction of sp³-hybridized carbons (Fsp3) is 0.0800. The van der Waals surface area contributed by atoms with Crippen molar-refractivity contribution >= 4 is 65.4 Å². The zero-order valence-corrected chi connectivity index (χ0v) is 21.7. The largest absolute Gasteiger partial charge is 0.325 e. The van der Waals surface area contributed by atoms with Crippen LogP contribution in [0.1, 0.15) is 0 Å². The molecule has 0 radical (unpaired) electrons. The monoisotopic (exact) mass is 561 g/mol. The number of amides is 1. The Morgan fingerprint density at radius 2 is 1.59 bits per heavy atom. The quantitative estimate of drug-likeness (QED) is 0.320. The van der Waals surface area contributed by atoms with Gasteiger partial charge < -0.3 is 5.32 Å². The Morgan fingerprint density at radius 1 is 0.919 bits per heavy atom. The van der Waals surface area contributed by atoms with Gasteiger partial charge in [0.25, 0.3) is 10.0 Å². The molecule has 0 fully saturated rings. The molecule has 1 amide bonds. The van der Waals surface area contributed by atoms with Gasteiger partial charge in [0.15, 0.2) is 0 Å². The van der Waals surface area contributed by atoms with Crippen molar-refractivity contribution in [2.24, 2.45) is 0 Å². The smallest absolute Gasteiger partial charge is 0.261 e. The summed E-state index contributed by atoms with van der Waals surface area (Å²) in [4.78, 5) is 12.6. The maximum atomic E-state index is 13.5. The third kappa shape index (κ3) is 6.19. The van der Waals surface area contributed by atoms with Crippen LogP contribution in [0.5, 0.6) is 0 Å². The number of nitrogens with one attached hydrogen (secondary N) is 2. The summed E-state index contributed by atoms with van der Waals surface area (Å²) >= 11 is 5.75. The number of hydrogen-bond acceptors (Lipinski definition) is 5. The van der Waals surface area contributed by atoms with Gasteiger partial charge in [-0.05, 0) is 53.9 Å². The van der Waals surface area contributed by atoms with Gasteiger partial charge in [-0.3, -0.25) is 13.8 Å². The van der Waals surface area contributed by atoms with Crippen molar-refractivity contribution in [2.75, 3.05) is 27.1 Å². The van der Waals surface area contributed by atoms with Gasteiger partial charge in [-0.1, -0.05) is 48.0 Å². The highest BCUT2D eigenvalue weighted by atomic mass is 35.5. The minimum absolute atomic E-state index is 0.0185. The van der Waals surface area contributed by atoms with Crippen molar-refractivity contribution in [3.8, 4) is 0 Å². The zero-order valence-electron chi connectivity index (χ0n) is 19.4. The molecule has 0 aliphatic carbocycles.